The van der Waals surface area contributed by atoms with Gasteiger partial charge < -0.3 is 10.2 Å². The van der Waals surface area contributed by atoms with Gasteiger partial charge in [-0.15, -0.1) is 11.3 Å². The van der Waals surface area contributed by atoms with Crippen molar-refractivity contribution < 1.29 is 4.79 Å². The van der Waals surface area contributed by atoms with Crippen LogP contribution >= 0.6 is 11.3 Å². The maximum Gasteiger partial charge on any atom is 0.228 e. The number of carbonyl (C=O) groups excluding carboxylic acids is 1. The molecule has 0 bridgehead atoms. The predicted molar refractivity (Wildman–Crippen MR) is 90.0 cm³/mol. The van der Waals surface area contributed by atoms with Crippen LogP contribution in [0.2, 0.25) is 0 Å². The monoisotopic (exact) mass is 315 g/mol. The van der Waals surface area contributed by atoms with Crippen LogP contribution in [0.3, 0.4) is 0 Å². The van der Waals surface area contributed by atoms with Gasteiger partial charge in [-0.3, -0.25) is 4.79 Å². The number of piperazine rings is 1. The first-order chi connectivity index (χ1) is 10.6. The zero-order valence-corrected chi connectivity index (χ0v) is 13.8. The lowest BCUT2D eigenvalue weighted by molar-refractivity contribution is -0.133. The zero-order chi connectivity index (χ0) is 15.5. The first-order valence-corrected chi connectivity index (χ1v) is 8.53. The second-order valence-electron chi connectivity index (χ2n) is 5.83. The van der Waals surface area contributed by atoms with Crippen LogP contribution < -0.4 is 5.32 Å². The van der Waals surface area contributed by atoms with E-state index in [9.17, 15) is 4.79 Å². The van der Waals surface area contributed by atoms with Crippen LogP contribution in [0.1, 0.15) is 18.2 Å². The molecule has 1 N–H and O–H groups in total. The summed E-state index contributed by atoms with van der Waals surface area (Å²) in [6, 6.07) is 8.60. The van der Waals surface area contributed by atoms with Gasteiger partial charge in [0.25, 0.3) is 0 Å². The minimum absolute atomic E-state index is 0.176. The van der Waals surface area contributed by atoms with E-state index in [1.165, 1.54) is 5.56 Å². The summed E-state index contributed by atoms with van der Waals surface area (Å²) in [4.78, 5) is 19.0. The Morgan fingerprint density at radius 1 is 1.41 bits per heavy atom. The summed E-state index contributed by atoms with van der Waals surface area (Å²) in [5.74, 6) is 0.176. The molecule has 0 aliphatic carbocycles. The van der Waals surface area contributed by atoms with E-state index in [-0.39, 0.29) is 11.9 Å². The number of carbonyl (C=O) groups is 1. The third kappa shape index (κ3) is 3.36. The minimum Gasteiger partial charge on any atom is -0.337 e. The summed E-state index contributed by atoms with van der Waals surface area (Å²) in [5.41, 5.74) is 3.23. The summed E-state index contributed by atoms with van der Waals surface area (Å²) in [6.45, 7) is 6.70. The smallest absolute Gasteiger partial charge is 0.228 e. The molecule has 4 nitrogen and oxygen atoms in total. The lowest BCUT2D eigenvalue weighted by Gasteiger charge is -2.33. The highest BCUT2D eigenvalue weighted by Crippen LogP contribution is 2.24. The molecule has 1 aliphatic heterocycles. The first-order valence-electron chi connectivity index (χ1n) is 7.65. The maximum absolute atomic E-state index is 12.4. The van der Waals surface area contributed by atoms with Crippen molar-refractivity contribution in [2.45, 2.75) is 26.3 Å². The number of hydrogen-bond donors (Lipinski definition) is 1. The fourth-order valence-electron chi connectivity index (χ4n) is 2.68. The molecule has 0 radical (unpaired) electrons. The lowest BCUT2D eigenvalue weighted by Crippen LogP contribution is -2.52. The van der Waals surface area contributed by atoms with E-state index in [1.54, 1.807) is 11.3 Å². The molecule has 1 aromatic carbocycles. The van der Waals surface area contributed by atoms with Crippen molar-refractivity contribution in [3.8, 4) is 10.6 Å². The Kier molecular flexibility index (Phi) is 4.55. The van der Waals surface area contributed by atoms with E-state index >= 15 is 0 Å². The molecule has 1 aromatic heterocycles. The van der Waals surface area contributed by atoms with Crippen LogP contribution in [0, 0.1) is 6.92 Å². The van der Waals surface area contributed by atoms with Gasteiger partial charge in [-0.25, -0.2) is 4.98 Å². The van der Waals surface area contributed by atoms with Gasteiger partial charge in [0, 0.05) is 36.6 Å². The Bertz CT molecular complexity index is 650. The minimum atomic E-state index is 0.176. The zero-order valence-electron chi connectivity index (χ0n) is 13.0. The highest BCUT2D eigenvalue weighted by molar-refractivity contribution is 7.13. The van der Waals surface area contributed by atoms with Crippen LogP contribution in [0.5, 0.6) is 0 Å². The maximum atomic E-state index is 12.4. The van der Waals surface area contributed by atoms with Crippen molar-refractivity contribution >= 4 is 17.2 Å². The Balaban J connectivity index is 1.68. The van der Waals surface area contributed by atoms with Gasteiger partial charge in [-0.2, -0.15) is 0 Å². The van der Waals surface area contributed by atoms with Gasteiger partial charge in [-0.1, -0.05) is 29.8 Å². The number of aryl methyl sites for hydroxylation is 1. The molecule has 3 rings (SSSR count). The first kappa shape index (κ1) is 15.2. The van der Waals surface area contributed by atoms with Crippen molar-refractivity contribution in [3.63, 3.8) is 0 Å². The van der Waals surface area contributed by atoms with Crippen molar-refractivity contribution in [1.29, 1.82) is 0 Å². The van der Waals surface area contributed by atoms with Crippen LogP contribution in [-0.2, 0) is 11.2 Å². The third-order valence-corrected chi connectivity index (χ3v) is 4.94. The van der Waals surface area contributed by atoms with Gasteiger partial charge in [0.05, 0.1) is 12.1 Å². The van der Waals surface area contributed by atoms with E-state index in [4.69, 9.17) is 0 Å². The predicted octanol–water partition coefficient (Wildman–Crippen LogP) is 2.48. The van der Waals surface area contributed by atoms with Gasteiger partial charge in [0.1, 0.15) is 5.01 Å². The Morgan fingerprint density at radius 3 is 2.91 bits per heavy atom. The van der Waals surface area contributed by atoms with Crippen molar-refractivity contribution in [1.82, 2.24) is 15.2 Å². The molecule has 1 amide bonds. The molecule has 1 aliphatic rings. The second-order valence-corrected chi connectivity index (χ2v) is 6.69. The summed E-state index contributed by atoms with van der Waals surface area (Å²) in [5, 5.41) is 6.29. The third-order valence-electron chi connectivity index (χ3n) is 4.00. The summed E-state index contributed by atoms with van der Waals surface area (Å²) < 4.78 is 0. The standard InChI is InChI=1S/C17H21N3OS/c1-12-3-5-14(6-4-12)17-19-15(11-22-17)9-16(21)20-8-7-18-10-13(20)2/h3-6,11,13,18H,7-10H2,1-2H3/t13-/m0/s1. The summed E-state index contributed by atoms with van der Waals surface area (Å²) in [7, 11) is 0. The molecule has 1 saturated heterocycles. The van der Waals surface area contributed by atoms with Crippen LogP contribution in [0.4, 0.5) is 0 Å². The SMILES string of the molecule is Cc1ccc(-c2nc(CC(=O)N3CCNC[C@@H]3C)cs2)cc1. The summed E-state index contributed by atoms with van der Waals surface area (Å²) in [6.07, 6.45) is 0.396. The fourth-order valence-corrected chi connectivity index (χ4v) is 3.51. The Morgan fingerprint density at radius 2 is 2.18 bits per heavy atom. The molecule has 0 spiro atoms. The quantitative estimate of drug-likeness (QED) is 0.946. The van der Waals surface area contributed by atoms with Crippen molar-refractivity contribution in [2.24, 2.45) is 0 Å². The summed E-state index contributed by atoms with van der Waals surface area (Å²) >= 11 is 1.60. The van der Waals surface area contributed by atoms with Gasteiger partial charge in [0.15, 0.2) is 0 Å². The second kappa shape index (κ2) is 6.58. The van der Waals surface area contributed by atoms with E-state index in [1.807, 2.05) is 10.3 Å². The number of nitrogens with one attached hydrogen (secondary N) is 1. The molecular weight excluding hydrogens is 294 g/mol. The largest absolute Gasteiger partial charge is 0.337 e. The molecular formula is C17H21N3OS. The number of rotatable bonds is 3. The average Bonchev–Trinajstić information content (AvgIpc) is 2.97. The number of hydrogen-bond acceptors (Lipinski definition) is 4. The molecule has 1 fully saturated rings. The van der Waals surface area contributed by atoms with E-state index in [0.717, 1.165) is 35.9 Å². The number of thiazole rings is 1. The molecule has 2 aromatic rings. The normalized spacial score (nSPS) is 18.5. The molecule has 116 valence electrons. The average molecular weight is 315 g/mol. The lowest BCUT2D eigenvalue weighted by atomic mass is 10.1. The number of aromatic nitrogens is 1. The molecule has 5 heteroatoms. The van der Waals surface area contributed by atoms with Gasteiger partial charge in [0.2, 0.25) is 5.91 Å². The molecule has 22 heavy (non-hydrogen) atoms. The van der Waals surface area contributed by atoms with E-state index in [2.05, 4.69) is 48.4 Å². The van der Waals surface area contributed by atoms with E-state index < -0.39 is 0 Å². The number of amides is 1. The number of nitrogens with zero attached hydrogens (tertiary/aromatic N) is 2. The highest BCUT2D eigenvalue weighted by atomic mass is 32.1. The van der Waals surface area contributed by atoms with Crippen molar-refractivity contribution in [3.05, 3.63) is 40.9 Å². The van der Waals surface area contributed by atoms with Crippen LogP contribution in [0.25, 0.3) is 10.6 Å². The number of benzene rings is 1. The van der Waals surface area contributed by atoms with Gasteiger partial charge in [-0.05, 0) is 13.8 Å². The fraction of sp³-hybridized carbons (Fsp3) is 0.412. The van der Waals surface area contributed by atoms with Gasteiger partial charge >= 0.3 is 0 Å². The van der Waals surface area contributed by atoms with E-state index in [0.29, 0.717) is 6.42 Å². The van der Waals surface area contributed by atoms with Crippen molar-refractivity contribution in [2.75, 3.05) is 19.6 Å². The molecule has 2 heterocycles. The topological polar surface area (TPSA) is 45.2 Å². The van der Waals surface area contributed by atoms with Crippen LogP contribution in [-0.4, -0.2) is 41.5 Å². The molecule has 1 atom stereocenters. The molecule has 0 unspecified atom stereocenters. The molecule has 0 saturated carbocycles. The Hall–Kier alpha value is -1.72. The Labute approximate surface area is 135 Å². The highest BCUT2D eigenvalue weighted by Gasteiger charge is 2.23. The van der Waals surface area contributed by atoms with Crippen LogP contribution in [0.15, 0.2) is 29.6 Å².